The molecule has 0 aromatic carbocycles. The van der Waals surface area contributed by atoms with Gasteiger partial charge in [0.25, 0.3) is 0 Å². The van der Waals surface area contributed by atoms with E-state index in [0.717, 1.165) is 36.2 Å². The summed E-state index contributed by atoms with van der Waals surface area (Å²) in [5, 5.41) is 17.9. The van der Waals surface area contributed by atoms with Crippen LogP contribution in [0.3, 0.4) is 0 Å². The van der Waals surface area contributed by atoms with Crippen molar-refractivity contribution in [1.82, 2.24) is 9.80 Å². The van der Waals surface area contributed by atoms with Gasteiger partial charge in [-0.2, -0.15) is 0 Å². The summed E-state index contributed by atoms with van der Waals surface area (Å²) in [6.07, 6.45) is 10.5. The molecule has 4 atom stereocenters. The van der Waals surface area contributed by atoms with Crippen molar-refractivity contribution >= 4 is 5.97 Å². The van der Waals surface area contributed by atoms with E-state index in [1.165, 1.54) is 64.7 Å². The topological polar surface area (TPSA) is 99.1 Å². The van der Waals surface area contributed by atoms with E-state index in [-0.39, 0.29) is 20.4 Å². The van der Waals surface area contributed by atoms with Gasteiger partial charge < -0.3 is 20.0 Å². The Morgan fingerprint density at radius 3 is 1.68 bits per heavy atom. The molecular weight excluding hydrogens is 417 g/mol. The minimum Gasteiger partial charge on any atom is -0.550 e. The molecule has 4 heterocycles. The molecule has 4 rings (SSSR count). The molecule has 0 aliphatic carbocycles. The number of carboxylic acids is 1. The van der Waals surface area contributed by atoms with Gasteiger partial charge in [-0.25, -0.2) is 0 Å². The van der Waals surface area contributed by atoms with E-state index < -0.39 is 5.97 Å². The molecule has 4 fully saturated rings. The fourth-order valence-electron chi connectivity index (χ4n) is 5.25. The summed E-state index contributed by atoms with van der Waals surface area (Å²) in [4.78, 5) is 22.6. The van der Waals surface area contributed by atoms with E-state index >= 15 is 0 Å². The number of nitrogens with zero attached hydrogens (tertiary/aromatic N) is 3. The molecular formula is C17H29N3O4Pd. The number of hydrogen-bond acceptors (Lipinski definition) is 7. The maximum Gasteiger partial charge on any atom is 2.00 e. The van der Waals surface area contributed by atoms with Crippen LogP contribution in [0.1, 0.15) is 51.9 Å². The van der Waals surface area contributed by atoms with E-state index in [1.54, 1.807) is 6.42 Å². The number of carbonyl (C=O) groups excluding carboxylic acids is 1. The summed E-state index contributed by atoms with van der Waals surface area (Å²) in [7, 11) is 0. The first-order valence-corrected chi connectivity index (χ1v) is 9.17. The Morgan fingerprint density at radius 2 is 1.32 bits per heavy atom. The molecule has 4 saturated heterocycles. The maximum atomic E-state index is 8.89. The minimum absolute atomic E-state index is 0. The average molecular weight is 446 g/mol. The van der Waals surface area contributed by atoms with Gasteiger partial charge in [-0.05, 0) is 64.0 Å². The van der Waals surface area contributed by atoms with Crippen molar-refractivity contribution in [2.24, 2.45) is 17.2 Å². The predicted molar refractivity (Wildman–Crippen MR) is 89.9 cm³/mol. The zero-order chi connectivity index (χ0) is 17.5. The van der Waals surface area contributed by atoms with Gasteiger partial charge in [-0.3, -0.25) is 9.80 Å². The average Bonchev–Trinajstić information content (AvgIpc) is 2.55. The summed E-state index contributed by atoms with van der Waals surface area (Å²) < 4.78 is 0. The fourth-order valence-corrected chi connectivity index (χ4v) is 5.25. The first-order valence-electron chi connectivity index (χ1n) is 9.17. The third-order valence-electron chi connectivity index (χ3n) is 5.96. The molecule has 146 valence electrons. The Balaban J connectivity index is 0.000000342. The second-order valence-electron chi connectivity index (χ2n) is 7.44. The van der Waals surface area contributed by atoms with Crippen molar-refractivity contribution in [3.05, 3.63) is 10.1 Å². The molecule has 7 nitrogen and oxygen atoms in total. The van der Waals surface area contributed by atoms with Crippen LogP contribution < -0.4 is 5.11 Å². The normalized spacial score (nSPS) is 33.6. The second kappa shape index (κ2) is 11.2. The predicted octanol–water partition coefficient (Wildman–Crippen LogP) is 1.35. The van der Waals surface area contributed by atoms with Gasteiger partial charge in [0.05, 0.1) is 0 Å². The number of fused-ring (bicyclic) bond motifs is 6. The van der Waals surface area contributed by atoms with Crippen molar-refractivity contribution < 1.29 is 30.3 Å². The van der Waals surface area contributed by atoms with Crippen LogP contribution >= 0.6 is 0 Å². The van der Waals surface area contributed by atoms with Crippen molar-refractivity contribution in [3.8, 4) is 0 Å². The number of aliphatic carboxylic acids is 1. The van der Waals surface area contributed by atoms with Gasteiger partial charge in [-0.15, -0.1) is 5.34 Å². The van der Waals surface area contributed by atoms with Crippen LogP contribution in [0, 0.1) is 22.0 Å². The summed E-state index contributed by atoms with van der Waals surface area (Å²) in [5.41, 5.74) is 0. The molecule has 0 unspecified atom stereocenters. The van der Waals surface area contributed by atoms with Crippen LogP contribution in [-0.2, 0) is 25.2 Å². The van der Waals surface area contributed by atoms with Crippen LogP contribution in [0.5, 0.6) is 0 Å². The fraction of sp³-hybridized carbons (Fsp3) is 0.941. The molecule has 0 N–H and O–H groups in total. The van der Waals surface area contributed by atoms with Gasteiger partial charge in [-0.1, -0.05) is 12.8 Å². The van der Waals surface area contributed by atoms with E-state index in [9.17, 15) is 0 Å². The number of piperidine rings is 4. The molecule has 0 saturated carbocycles. The monoisotopic (exact) mass is 445 g/mol. The number of carbonyl (C=O) groups is 1. The molecule has 4 aliphatic rings. The first kappa shape index (κ1) is 22.5. The number of rotatable bonds is 0. The van der Waals surface area contributed by atoms with Crippen molar-refractivity contribution in [3.63, 3.8) is 0 Å². The van der Waals surface area contributed by atoms with Crippen LogP contribution in [0.4, 0.5) is 0 Å². The van der Waals surface area contributed by atoms with Gasteiger partial charge >= 0.3 is 20.4 Å². The summed E-state index contributed by atoms with van der Waals surface area (Å²) in [6, 6.07) is 1.92. The molecule has 0 spiro atoms. The van der Waals surface area contributed by atoms with Gasteiger partial charge in [0.2, 0.25) is 0 Å². The Kier molecular flexibility index (Phi) is 10.1. The van der Waals surface area contributed by atoms with Gasteiger partial charge in [0.15, 0.2) is 0 Å². The zero-order valence-corrected chi connectivity index (χ0v) is 16.4. The quantitative estimate of drug-likeness (QED) is 0.317. The van der Waals surface area contributed by atoms with E-state index in [1.807, 2.05) is 0 Å². The third kappa shape index (κ3) is 6.28. The number of carboxylic acid groups (broad SMARTS) is 1. The van der Waals surface area contributed by atoms with Crippen LogP contribution in [0.2, 0.25) is 0 Å². The molecule has 0 amide bonds. The molecule has 25 heavy (non-hydrogen) atoms. The third-order valence-corrected chi connectivity index (χ3v) is 5.96. The van der Waals surface area contributed by atoms with Gasteiger partial charge in [0.1, 0.15) is 0 Å². The standard InChI is InChI=1S/C15H26N2.C2H4O2.HNO2.Pd/c1-3-7-16-11-13-9-12(14(16)5-1)10-17-8-4-2-6-15(13)17;1-2(3)4;2-1-3;/h12-15H,1-11H2;1H3,(H,3,4);(H,2,3);/q;;;+2/p-2/t12-,13-,14-,15+;;;/m0.../s1. The molecule has 2 bridgehead atoms. The summed E-state index contributed by atoms with van der Waals surface area (Å²) in [6.45, 7) is 6.65. The minimum atomic E-state index is -1.08. The maximum absolute atomic E-state index is 8.89. The number of hydrogen-bond donors (Lipinski definition) is 0. The first-order chi connectivity index (χ1) is 11.6. The smallest absolute Gasteiger partial charge is 0.550 e. The summed E-state index contributed by atoms with van der Waals surface area (Å²) >= 11 is 0. The van der Waals surface area contributed by atoms with E-state index in [4.69, 9.17) is 20.0 Å². The zero-order valence-electron chi connectivity index (χ0n) is 14.9. The molecule has 4 aliphatic heterocycles. The van der Waals surface area contributed by atoms with Crippen molar-refractivity contribution in [2.45, 2.75) is 64.0 Å². The molecule has 8 heteroatoms. The van der Waals surface area contributed by atoms with Crippen LogP contribution in [0.15, 0.2) is 5.34 Å². The largest absolute Gasteiger partial charge is 2.00 e. The Bertz CT molecular complexity index is 395. The Labute approximate surface area is 163 Å². The molecule has 0 radical (unpaired) electrons. The van der Waals surface area contributed by atoms with Gasteiger partial charge in [0, 0.05) is 31.1 Å². The Morgan fingerprint density at radius 1 is 0.960 bits per heavy atom. The van der Waals surface area contributed by atoms with Crippen molar-refractivity contribution in [1.29, 1.82) is 0 Å². The second-order valence-corrected chi connectivity index (χ2v) is 7.44. The summed E-state index contributed by atoms with van der Waals surface area (Å²) in [5.74, 6) is 0.951. The van der Waals surface area contributed by atoms with Crippen LogP contribution in [0.25, 0.3) is 0 Å². The van der Waals surface area contributed by atoms with E-state index in [0.29, 0.717) is 0 Å². The van der Waals surface area contributed by atoms with E-state index in [2.05, 4.69) is 9.80 Å². The molecule has 0 aromatic rings. The molecule has 0 aromatic heterocycles. The SMILES string of the molecule is C1CCN2C[C@@H]3C[C@@H](CN4CCCC[C@@H]34)[C@H]2C1.CC(=O)[O-].O=N[O-].[Pd+2]. The van der Waals surface area contributed by atoms with Crippen molar-refractivity contribution in [2.75, 3.05) is 26.2 Å². The van der Waals surface area contributed by atoms with Crippen LogP contribution in [-0.4, -0.2) is 54.0 Å². The Hall–Kier alpha value is -0.548.